The average molecular weight is 322 g/mol. The van der Waals surface area contributed by atoms with E-state index >= 15 is 0 Å². The molecule has 1 fully saturated rings. The summed E-state index contributed by atoms with van der Waals surface area (Å²) in [5.74, 6) is 1.49. The van der Waals surface area contributed by atoms with E-state index in [1.54, 1.807) is 14.2 Å². The van der Waals surface area contributed by atoms with Crippen molar-refractivity contribution in [3.63, 3.8) is 0 Å². The molecule has 2 atom stereocenters. The zero-order valence-electron chi connectivity index (χ0n) is 14.4. The Hall–Kier alpha value is -1.95. The molecule has 6 heteroatoms. The van der Waals surface area contributed by atoms with Gasteiger partial charge in [0.2, 0.25) is 0 Å². The molecule has 0 unspecified atom stereocenters. The second kappa shape index (κ2) is 7.08. The summed E-state index contributed by atoms with van der Waals surface area (Å²) in [6.07, 6.45) is -0.405. The topological polar surface area (TPSA) is 68.8 Å². The average Bonchev–Trinajstić information content (AvgIpc) is 2.91. The van der Waals surface area contributed by atoms with Gasteiger partial charge < -0.3 is 24.8 Å². The van der Waals surface area contributed by atoms with E-state index in [1.807, 2.05) is 39.0 Å². The van der Waals surface area contributed by atoms with Crippen molar-refractivity contribution in [1.29, 1.82) is 0 Å². The number of alkyl carbamates (subject to hydrolysis) is 1. The predicted molar refractivity (Wildman–Crippen MR) is 88.3 cm³/mol. The van der Waals surface area contributed by atoms with E-state index in [0.717, 1.165) is 12.1 Å². The van der Waals surface area contributed by atoms with Crippen LogP contribution >= 0.6 is 0 Å². The van der Waals surface area contributed by atoms with E-state index in [2.05, 4.69) is 10.6 Å². The van der Waals surface area contributed by atoms with Gasteiger partial charge in [-0.1, -0.05) is 12.1 Å². The first-order valence-corrected chi connectivity index (χ1v) is 7.77. The van der Waals surface area contributed by atoms with Gasteiger partial charge >= 0.3 is 6.09 Å². The van der Waals surface area contributed by atoms with Crippen LogP contribution in [0.25, 0.3) is 0 Å². The fourth-order valence-electron chi connectivity index (χ4n) is 2.82. The van der Waals surface area contributed by atoms with Gasteiger partial charge in [0.1, 0.15) is 5.60 Å². The van der Waals surface area contributed by atoms with Crippen molar-refractivity contribution in [2.75, 3.05) is 27.3 Å². The van der Waals surface area contributed by atoms with E-state index in [0.29, 0.717) is 18.0 Å². The summed E-state index contributed by atoms with van der Waals surface area (Å²) < 4.78 is 16.2. The first-order valence-electron chi connectivity index (χ1n) is 7.77. The molecule has 1 aliphatic heterocycles. The number of benzene rings is 1. The highest BCUT2D eigenvalue weighted by molar-refractivity contribution is 5.68. The van der Waals surface area contributed by atoms with Crippen molar-refractivity contribution in [2.24, 2.45) is 0 Å². The summed E-state index contributed by atoms with van der Waals surface area (Å²) in [7, 11) is 3.24. The smallest absolute Gasteiger partial charge is 0.407 e. The maximum Gasteiger partial charge on any atom is 0.407 e. The summed E-state index contributed by atoms with van der Waals surface area (Å²) in [5.41, 5.74) is 0.497. The number of carbonyl (C=O) groups is 1. The Balaban J connectivity index is 2.18. The second-order valence-corrected chi connectivity index (χ2v) is 6.60. The number of rotatable bonds is 4. The van der Waals surface area contributed by atoms with Gasteiger partial charge in [-0.05, 0) is 26.8 Å². The van der Waals surface area contributed by atoms with Crippen LogP contribution in [0.15, 0.2) is 18.2 Å². The molecule has 2 N–H and O–H groups in total. The Morgan fingerprint density at radius 2 is 1.96 bits per heavy atom. The van der Waals surface area contributed by atoms with Gasteiger partial charge in [-0.15, -0.1) is 0 Å². The van der Waals surface area contributed by atoms with Crippen molar-refractivity contribution < 1.29 is 19.0 Å². The maximum atomic E-state index is 12.1. The second-order valence-electron chi connectivity index (χ2n) is 6.60. The van der Waals surface area contributed by atoms with Gasteiger partial charge in [0.15, 0.2) is 11.5 Å². The van der Waals surface area contributed by atoms with Crippen molar-refractivity contribution in [2.45, 2.75) is 38.3 Å². The Labute approximate surface area is 137 Å². The van der Waals surface area contributed by atoms with Gasteiger partial charge in [-0.25, -0.2) is 4.79 Å². The van der Waals surface area contributed by atoms with Crippen molar-refractivity contribution in [1.82, 2.24) is 10.6 Å². The highest BCUT2D eigenvalue weighted by atomic mass is 16.6. The van der Waals surface area contributed by atoms with Gasteiger partial charge in [-0.2, -0.15) is 0 Å². The summed E-state index contributed by atoms with van der Waals surface area (Å²) >= 11 is 0. The van der Waals surface area contributed by atoms with Crippen LogP contribution in [0, 0.1) is 0 Å². The van der Waals surface area contributed by atoms with Crippen LogP contribution < -0.4 is 20.1 Å². The minimum Gasteiger partial charge on any atom is -0.493 e. The molecule has 0 saturated carbocycles. The van der Waals surface area contributed by atoms with E-state index in [9.17, 15) is 4.79 Å². The van der Waals surface area contributed by atoms with Crippen LogP contribution in [0.3, 0.4) is 0 Å². The minimum absolute atomic E-state index is 0.0640. The van der Waals surface area contributed by atoms with E-state index < -0.39 is 11.7 Å². The highest BCUT2D eigenvalue weighted by Gasteiger charge is 2.33. The molecular formula is C17H26N2O4. The number of hydrogen-bond donors (Lipinski definition) is 2. The van der Waals surface area contributed by atoms with Crippen LogP contribution in [0.1, 0.15) is 32.3 Å². The summed E-state index contributed by atoms with van der Waals surface area (Å²) in [4.78, 5) is 12.1. The van der Waals surface area contributed by atoms with Crippen LogP contribution in [0.4, 0.5) is 4.79 Å². The van der Waals surface area contributed by atoms with Gasteiger partial charge in [-0.3, -0.25) is 0 Å². The number of para-hydroxylation sites is 1. The molecule has 1 saturated heterocycles. The molecule has 23 heavy (non-hydrogen) atoms. The molecule has 6 nitrogen and oxygen atoms in total. The van der Waals surface area contributed by atoms with Crippen LogP contribution in [-0.4, -0.2) is 45.0 Å². The number of carbonyl (C=O) groups excluding carboxylic acids is 1. The normalized spacial score (nSPS) is 20.9. The Kier molecular flexibility index (Phi) is 5.36. The number of nitrogens with one attached hydrogen (secondary N) is 2. The lowest BCUT2D eigenvalue weighted by molar-refractivity contribution is 0.0504. The first kappa shape index (κ1) is 17.4. The zero-order chi connectivity index (χ0) is 17.0. The number of methoxy groups -OCH3 is 2. The quantitative estimate of drug-likeness (QED) is 0.890. The fraction of sp³-hybridized carbons (Fsp3) is 0.588. The third-order valence-electron chi connectivity index (χ3n) is 3.75. The van der Waals surface area contributed by atoms with Gasteiger partial charge in [0.05, 0.1) is 20.3 Å². The molecule has 128 valence electrons. The van der Waals surface area contributed by atoms with E-state index in [1.165, 1.54) is 0 Å². The Bertz CT molecular complexity index is 554. The third-order valence-corrected chi connectivity index (χ3v) is 3.75. The lowest BCUT2D eigenvalue weighted by atomic mass is 9.93. The van der Waals surface area contributed by atoms with Crippen molar-refractivity contribution in [3.8, 4) is 11.5 Å². The first-order chi connectivity index (χ1) is 10.9. The molecule has 1 amide bonds. The molecule has 2 rings (SSSR count). The molecule has 0 spiro atoms. The molecule has 0 radical (unpaired) electrons. The van der Waals surface area contributed by atoms with Crippen LogP contribution in [0.5, 0.6) is 11.5 Å². The van der Waals surface area contributed by atoms with E-state index in [4.69, 9.17) is 14.2 Å². The maximum absolute atomic E-state index is 12.1. The summed E-state index contributed by atoms with van der Waals surface area (Å²) in [5, 5.41) is 6.26. The van der Waals surface area contributed by atoms with Crippen LogP contribution in [-0.2, 0) is 4.74 Å². The molecule has 0 bridgehead atoms. The Morgan fingerprint density at radius 1 is 1.22 bits per heavy atom. The number of amides is 1. The lowest BCUT2D eigenvalue weighted by Gasteiger charge is -2.25. The van der Waals surface area contributed by atoms with Crippen molar-refractivity contribution >= 4 is 6.09 Å². The molecular weight excluding hydrogens is 296 g/mol. The molecule has 1 heterocycles. The standard InChI is InChI=1S/C17H26N2O4/c1-17(2,3)23-16(20)19-13-10-18-9-12(13)11-7-6-8-14(21-4)15(11)22-5/h6-8,12-13,18H,9-10H2,1-5H3,(H,19,20)/t12-,13+/m1/s1. The number of hydrogen-bond acceptors (Lipinski definition) is 5. The molecule has 1 aromatic rings. The minimum atomic E-state index is -0.515. The fourth-order valence-corrected chi connectivity index (χ4v) is 2.82. The molecule has 0 aliphatic carbocycles. The monoisotopic (exact) mass is 322 g/mol. The summed E-state index contributed by atoms with van der Waals surface area (Å²) in [6.45, 7) is 6.99. The molecule has 0 aromatic heterocycles. The largest absolute Gasteiger partial charge is 0.493 e. The van der Waals surface area contributed by atoms with Crippen LogP contribution in [0.2, 0.25) is 0 Å². The van der Waals surface area contributed by atoms with Gasteiger partial charge in [0.25, 0.3) is 0 Å². The molecule has 1 aromatic carbocycles. The zero-order valence-corrected chi connectivity index (χ0v) is 14.4. The predicted octanol–water partition coefficient (Wildman–Crippen LogP) is 2.28. The molecule has 1 aliphatic rings. The number of ether oxygens (including phenoxy) is 3. The van der Waals surface area contributed by atoms with Crippen molar-refractivity contribution in [3.05, 3.63) is 23.8 Å². The lowest BCUT2D eigenvalue weighted by Crippen LogP contribution is -2.42. The third kappa shape index (κ3) is 4.28. The van der Waals surface area contributed by atoms with E-state index in [-0.39, 0.29) is 12.0 Å². The SMILES string of the molecule is COc1cccc([C@H]2CNC[C@@H]2NC(=O)OC(C)(C)C)c1OC. The van der Waals surface area contributed by atoms with Gasteiger partial charge in [0, 0.05) is 24.6 Å². The highest BCUT2D eigenvalue weighted by Crippen LogP contribution is 2.37. The Morgan fingerprint density at radius 3 is 2.57 bits per heavy atom. The summed E-state index contributed by atoms with van der Waals surface area (Å²) in [6, 6.07) is 5.73.